The number of nitrogens with one attached hydrogen (secondary N) is 3. The molecule has 1 aromatic carbocycles. The minimum absolute atomic E-state index is 0.127. The van der Waals surface area contributed by atoms with E-state index in [4.69, 9.17) is 5.21 Å². The van der Waals surface area contributed by atoms with Crippen LogP contribution in [-0.2, 0) is 10.0 Å². The minimum atomic E-state index is -3.77. The Morgan fingerprint density at radius 1 is 1.21 bits per heavy atom. The Morgan fingerprint density at radius 2 is 2.00 bits per heavy atom. The van der Waals surface area contributed by atoms with E-state index in [0.717, 1.165) is 16.7 Å². The largest absolute Gasteiger partial charge is 0.329 e. The van der Waals surface area contributed by atoms with Gasteiger partial charge < -0.3 is 10.2 Å². The Balaban J connectivity index is 1.93. The number of hydrogen-bond donors (Lipinski definition) is 4. The van der Waals surface area contributed by atoms with Crippen LogP contribution in [-0.4, -0.2) is 18.6 Å². The summed E-state index contributed by atoms with van der Waals surface area (Å²) in [5, 5.41) is 10.1. The van der Waals surface area contributed by atoms with Crippen LogP contribution in [0.5, 0.6) is 0 Å². The lowest BCUT2D eigenvalue weighted by atomic mass is 10.1. The van der Waals surface area contributed by atoms with Crippen molar-refractivity contribution in [3.63, 3.8) is 0 Å². The monoisotopic (exact) mass is 365 g/mol. The molecule has 0 saturated carbocycles. The fourth-order valence-corrected chi connectivity index (χ4v) is 4.60. The summed E-state index contributed by atoms with van der Waals surface area (Å²) < 4.78 is 27.6. The number of benzene rings is 1. The molecule has 2 heterocycles. The highest BCUT2D eigenvalue weighted by Gasteiger charge is 2.19. The van der Waals surface area contributed by atoms with Gasteiger partial charge in [-0.25, -0.2) is 8.42 Å². The average molecular weight is 365 g/mol. The first-order valence-corrected chi connectivity index (χ1v) is 9.34. The number of anilines is 1. The van der Waals surface area contributed by atoms with Crippen LogP contribution in [0.25, 0.3) is 10.8 Å². The number of H-pyrrole nitrogens is 1. The predicted molar refractivity (Wildman–Crippen MR) is 93.0 cm³/mol. The van der Waals surface area contributed by atoms with Crippen LogP contribution in [0.4, 0.5) is 5.69 Å². The van der Waals surface area contributed by atoms with E-state index < -0.39 is 10.0 Å². The summed E-state index contributed by atoms with van der Waals surface area (Å²) in [6.07, 6.45) is 1.54. The first-order valence-electron chi connectivity index (χ1n) is 7.04. The minimum Gasteiger partial charge on any atom is -0.329 e. The summed E-state index contributed by atoms with van der Waals surface area (Å²) in [6, 6.07) is 9.27. The highest BCUT2D eigenvalue weighted by molar-refractivity contribution is 7.94. The molecule has 0 fully saturated rings. The predicted octanol–water partition coefficient (Wildman–Crippen LogP) is 2.43. The Bertz CT molecular complexity index is 1040. The second-order valence-electron chi connectivity index (χ2n) is 5.22. The number of pyridine rings is 1. The Labute approximate surface area is 142 Å². The average Bonchev–Trinajstić information content (AvgIpc) is 3.05. The van der Waals surface area contributed by atoms with Gasteiger partial charge in [0, 0.05) is 22.1 Å². The third kappa shape index (κ3) is 3.20. The van der Waals surface area contributed by atoms with E-state index in [1.54, 1.807) is 31.2 Å². The van der Waals surface area contributed by atoms with Crippen molar-refractivity contribution >= 4 is 37.8 Å². The van der Waals surface area contributed by atoms with Gasteiger partial charge in [0.1, 0.15) is 4.21 Å². The van der Waals surface area contributed by atoms with E-state index in [2.05, 4.69) is 15.2 Å². The number of sulfonamides is 1. The number of aromatic nitrogens is 1. The van der Waals surface area contributed by atoms with E-state index in [1.807, 2.05) is 0 Å². The molecular weight excluding hydrogens is 350 g/mol. The van der Waals surface area contributed by atoms with Gasteiger partial charge >= 0.3 is 0 Å². The molecule has 0 spiro atoms. The van der Waals surface area contributed by atoms with Gasteiger partial charge in [0.2, 0.25) is 0 Å². The summed E-state index contributed by atoms with van der Waals surface area (Å²) in [7, 11) is -3.77. The summed E-state index contributed by atoms with van der Waals surface area (Å²) in [5.41, 5.74) is 2.10. The van der Waals surface area contributed by atoms with Crippen LogP contribution in [0, 0.1) is 0 Å². The maximum absolute atomic E-state index is 12.5. The zero-order valence-electron chi connectivity index (χ0n) is 12.6. The van der Waals surface area contributed by atoms with Gasteiger partial charge in [-0.2, -0.15) is 5.48 Å². The number of fused-ring (bicyclic) bond motifs is 1. The number of thiophene rings is 1. The quantitative estimate of drug-likeness (QED) is 0.519. The van der Waals surface area contributed by atoms with Gasteiger partial charge in [-0.3, -0.25) is 9.52 Å². The molecule has 7 nitrogen and oxygen atoms in total. The first kappa shape index (κ1) is 16.7. The van der Waals surface area contributed by atoms with Gasteiger partial charge in [-0.1, -0.05) is 6.07 Å². The SMILES string of the molecule is CC(NO)c1ccc(S(=O)(=O)Nc2ccc3cc[nH]c(=O)c3c2)s1. The van der Waals surface area contributed by atoms with Crippen LogP contribution in [0.2, 0.25) is 0 Å². The smallest absolute Gasteiger partial charge is 0.271 e. The van der Waals surface area contributed by atoms with Gasteiger partial charge in [-0.05, 0) is 42.6 Å². The molecule has 126 valence electrons. The second-order valence-corrected chi connectivity index (χ2v) is 8.25. The number of hydrogen-bond acceptors (Lipinski definition) is 6. The zero-order chi connectivity index (χ0) is 17.3. The summed E-state index contributed by atoms with van der Waals surface area (Å²) >= 11 is 1.06. The van der Waals surface area contributed by atoms with Crippen LogP contribution >= 0.6 is 11.3 Å². The fourth-order valence-electron chi connectivity index (χ4n) is 2.23. The van der Waals surface area contributed by atoms with Crippen molar-refractivity contribution in [3.8, 4) is 0 Å². The first-order chi connectivity index (χ1) is 11.4. The van der Waals surface area contributed by atoms with Crippen molar-refractivity contribution in [2.75, 3.05) is 4.72 Å². The van der Waals surface area contributed by atoms with Crippen molar-refractivity contribution in [2.24, 2.45) is 0 Å². The van der Waals surface area contributed by atoms with E-state index in [0.29, 0.717) is 16.0 Å². The third-order valence-corrected chi connectivity index (χ3v) is 6.66. The molecule has 0 bridgehead atoms. The van der Waals surface area contributed by atoms with Gasteiger partial charge in [0.15, 0.2) is 0 Å². The molecule has 2 aromatic heterocycles. The van der Waals surface area contributed by atoms with Crippen molar-refractivity contribution in [2.45, 2.75) is 17.2 Å². The summed E-state index contributed by atoms with van der Waals surface area (Å²) in [4.78, 5) is 15.1. The van der Waals surface area contributed by atoms with E-state index in [9.17, 15) is 13.2 Å². The van der Waals surface area contributed by atoms with Crippen LogP contribution in [0.1, 0.15) is 17.8 Å². The molecule has 0 amide bonds. The Morgan fingerprint density at radius 3 is 2.75 bits per heavy atom. The molecule has 9 heteroatoms. The maximum atomic E-state index is 12.5. The standard InChI is InChI=1S/C15H15N3O4S2/c1-9(17-20)13-4-5-14(23-13)24(21,22)18-11-3-2-10-6-7-16-15(19)12(10)8-11/h2-9,17-18,20H,1H3,(H,16,19). The highest BCUT2D eigenvalue weighted by atomic mass is 32.2. The normalized spacial score (nSPS) is 13.1. The molecule has 0 radical (unpaired) electrons. The lowest BCUT2D eigenvalue weighted by Crippen LogP contribution is -2.13. The van der Waals surface area contributed by atoms with E-state index >= 15 is 0 Å². The maximum Gasteiger partial charge on any atom is 0.271 e. The Kier molecular flexibility index (Phi) is 4.41. The number of aromatic amines is 1. The molecule has 3 aromatic rings. The van der Waals surface area contributed by atoms with Gasteiger partial charge in [-0.15, -0.1) is 11.3 Å². The number of rotatable bonds is 5. The molecular formula is C15H15N3O4S2. The lowest BCUT2D eigenvalue weighted by Gasteiger charge is -2.08. The van der Waals surface area contributed by atoms with Crippen molar-refractivity contribution in [1.82, 2.24) is 10.5 Å². The molecule has 4 N–H and O–H groups in total. The van der Waals surface area contributed by atoms with Crippen molar-refractivity contribution < 1.29 is 13.6 Å². The molecule has 24 heavy (non-hydrogen) atoms. The number of hydroxylamine groups is 1. The summed E-state index contributed by atoms with van der Waals surface area (Å²) in [5.74, 6) is 0. The molecule has 3 rings (SSSR count). The van der Waals surface area contributed by atoms with E-state index in [1.165, 1.54) is 18.3 Å². The van der Waals surface area contributed by atoms with Crippen molar-refractivity contribution in [3.05, 3.63) is 57.8 Å². The molecule has 0 aliphatic heterocycles. The molecule has 0 aliphatic carbocycles. The summed E-state index contributed by atoms with van der Waals surface area (Å²) in [6.45, 7) is 1.71. The van der Waals surface area contributed by atoms with Crippen molar-refractivity contribution in [1.29, 1.82) is 0 Å². The zero-order valence-corrected chi connectivity index (χ0v) is 14.2. The Hall–Kier alpha value is -2.20. The van der Waals surface area contributed by atoms with Crippen LogP contribution in [0.15, 0.2) is 51.6 Å². The van der Waals surface area contributed by atoms with Crippen LogP contribution in [0.3, 0.4) is 0 Å². The highest BCUT2D eigenvalue weighted by Crippen LogP contribution is 2.28. The van der Waals surface area contributed by atoms with Crippen LogP contribution < -0.4 is 15.8 Å². The lowest BCUT2D eigenvalue weighted by molar-refractivity contribution is 0.135. The topological polar surface area (TPSA) is 111 Å². The molecule has 0 saturated heterocycles. The molecule has 1 atom stereocenters. The molecule has 1 unspecified atom stereocenters. The van der Waals surface area contributed by atoms with Gasteiger partial charge in [0.25, 0.3) is 15.6 Å². The molecule has 0 aliphatic rings. The van der Waals surface area contributed by atoms with Gasteiger partial charge in [0.05, 0.1) is 6.04 Å². The fraction of sp³-hybridized carbons (Fsp3) is 0.133. The third-order valence-electron chi connectivity index (χ3n) is 3.51. The second kappa shape index (κ2) is 6.36. The van der Waals surface area contributed by atoms with E-state index in [-0.39, 0.29) is 15.8 Å².